The first-order valence-electron chi connectivity index (χ1n) is 6.58. The first-order chi connectivity index (χ1) is 8.42. The predicted molar refractivity (Wildman–Crippen MR) is 68.3 cm³/mol. The van der Waals surface area contributed by atoms with Gasteiger partial charge in [-0.2, -0.15) is 0 Å². The van der Waals surface area contributed by atoms with E-state index in [0.717, 1.165) is 18.4 Å². The third kappa shape index (κ3) is 2.55. The molecule has 90 valence electrons. The lowest BCUT2D eigenvalue weighted by molar-refractivity contribution is 0.334. The normalized spacial score (nSPS) is 29.1. The highest BCUT2D eigenvalue weighted by molar-refractivity contribution is 5.65. The molecule has 1 aliphatic carbocycles. The fourth-order valence-electron chi connectivity index (χ4n) is 3.06. The lowest BCUT2D eigenvalue weighted by Crippen LogP contribution is -2.28. The van der Waals surface area contributed by atoms with E-state index in [4.69, 9.17) is 0 Å². The van der Waals surface area contributed by atoms with Crippen LogP contribution < -0.4 is 5.32 Å². The van der Waals surface area contributed by atoms with Crippen LogP contribution in [0.2, 0.25) is 0 Å². The van der Waals surface area contributed by atoms with Gasteiger partial charge in [-0.1, -0.05) is 6.08 Å². The largest absolute Gasteiger partial charge is 0.317 e. The van der Waals surface area contributed by atoms with Gasteiger partial charge in [-0.05, 0) is 56.2 Å². The van der Waals surface area contributed by atoms with Crippen LogP contribution >= 0.6 is 0 Å². The van der Waals surface area contributed by atoms with Gasteiger partial charge in [-0.3, -0.25) is 0 Å². The lowest BCUT2D eigenvalue weighted by atomic mass is 9.77. The molecule has 1 saturated heterocycles. The van der Waals surface area contributed by atoms with Crippen molar-refractivity contribution in [2.45, 2.75) is 25.7 Å². The predicted octanol–water partition coefficient (Wildman–Crippen LogP) is 2.27. The zero-order chi connectivity index (χ0) is 11.5. The molecule has 3 heteroatoms. The van der Waals surface area contributed by atoms with Crippen molar-refractivity contribution in [3.8, 4) is 0 Å². The third-order valence-corrected chi connectivity index (χ3v) is 3.93. The van der Waals surface area contributed by atoms with Crippen molar-refractivity contribution in [2.75, 3.05) is 13.1 Å². The molecule has 3 nitrogen and oxygen atoms in total. The average molecular weight is 229 g/mol. The number of aromatic nitrogens is 2. The van der Waals surface area contributed by atoms with Gasteiger partial charge < -0.3 is 5.32 Å². The Bertz CT molecular complexity index is 399. The summed E-state index contributed by atoms with van der Waals surface area (Å²) < 4.78 is 0. The minimum absolute atomic E-state index is 0.747. The standard InChI is InChI=1S/C14H19N3/c1-3-15-4-2-12-5-11(1)6-13(7-12)14-8-16-10-17-9-14/h6,8-12,15H,1-5,7H2. The molecular formula is C14H19N3. The maximum absolute atomic E-state index is 4.13. The van der Waals surface area contributed by atoms with E-state index in [2.05, 4.69) is 21.4 Å². The number of hydrogen-bond acceptors (Lipinski definition) is 3. The lowest BCUT2D eigenvalue weighted by Gasteiger charge is -2.31. The Morgan fingerprint density at radius 1 is 1.12 bits per heavy atom. The second-order valence-corrected chi connectivity index (χ2v) is 5.21. The molecule has 0 spiro atoms. The molecule has 0 amide bonds. The summed E-state index contributed by atoms with van der Waals surface area (Å²) in [6, 6.07) is 0. The van der Waals surface area contributed by atoms with Crippen molar-refractivity contribution >= 4 is 5.57 Å². The van der Waals surface area contributed by atoms with E-state index in [9.17, 15) is 0 Å². The van der Waals surface area contributed by atoms with Crippen LogP contribution in [0.1, 0.15) is 31.2 Å². The van der Waals surface area contributed by atoms with Gasteiger partial charge in [0.15, 0.2) is 0 Å². The van der Waals surface area contributed by atoms with E-state index in [1.165, 1.54) is 43.4 Å². The average Bonchev–Trinajstić information content (AvgIpc) is 2.37. The Kier molecular flexibility index (Phi) is 3.18. The van der Waals surface area contributed by atoms with E-state index in [1.54, 1.807) is 6.33 Å². The van der Waals surface area contributed by atoms with E-state index in [-0.39, 0.29) is 0 Å². The van der Waals surface area contributed by atoms with Crippen LogP contribution in [0.4, 0.5) is 0 Å². The highest BCUT2D eigenvalue weighted by Crippen LogP contribution is 2.36. The van der Waals surface area contributed by atoms with Gasteiger partial charge in [-0.25, -0.2) is 9.97 Å². The van der Waals surface area contributed by atoms with Crippen molar-refractivity contribution in [1.29, 1.82) is 0 Å². The van der Waals surface area contributed by atoms with Gasteiger partial charge in [-0.15, -0.1) is 0 Å². The van der Waals surface area contributed by atoms with Crippen molar-refractivity contribution in [2.24, 2.45) is 11.8 Å². The Labute approximate surface area is 102 Å². The second kappa shape index (κ2) is 4.96. The van der Waals surface area contributed by atoms with Crippen LogP contribution in [0.3, 0.4) is 0 Å². The van der Waals surface area contributed by atoms with Crippen molar-refractivity contribution in [3.05, 3.63) is 30.4 Å². The van der Waals surface area contributed by atoms with E-state index in [0.29, 0.717) is 0 Å². The molecular weight excluding hydrogens is 210 g/mol. The van der Waals surface area contributed by atoms with Gasteiger partial charge >= 0.3 is 0 Å². The number of allylic oxidation sites excluding steroid dienone is 2. The minimum Gasteiger partial charge on any atom is -0.317 e. The summed E-state index contributed by atoms with van der Waals surface area (Å²) >= 11 is 0. The Hall–Kier alpha value is -1.22. The number of hydrogen-bond donors (Lipinski definition) is 1. The molecule has 1 aromatic heterocycles. The molecule has 2 aliphatic rings. The first-order valence-corrected chi connectivity index (χ1v) is 6.58. The smallest absolute Gasteiger partial charge is 0.115 e. The van der Waals surface area contributed by atoms with E-state index in [1.807, 2.05) is 12.4 Å². The summed E-state index contributed by atoms with van der Waals surface area (Å²) in [4.78, 5) is 8.26. The second-order valence-electron chi connectivity index (χ2n) is 5.21. The van der Waals surface area contributed by atoms with E-state index < -0.39 is 0 Å². The summed E-state index contributed by atoms with van der Waals surface area (Å²) in [6.07, 6.45) is 13.1. The first kappa shape index (κ1) is 10.9. The molecule has 2 unspecified atom stereocenters. The SMILES string of the molecule is C1=C(c2cncnc2)CC2CCNCCC1C2. The number of rotatable bonds is 1. The maximum Gasteiger partial charge on any atom is 0.115 e. The molecule has 2 bridgehead atoms. The fourth-order valence-corrected chi connectivity index (χ4v) is 3.06. The van der Waals surface area contributed by atoms with Crippen LogP contribution in [0.5, 0.6) is 0 Å². The summed E-state index contributed by atoms with van der Waals surface area (Å²) in [5.74, 6) is 1.59. The molecule has 1 N–H and O–H groups in total. The molecule has 2 heterocycles. The van der Waals surface area contributed by atoms with Crippen LogP contribution in [0, 0.1) is 11.8 Å². The summed E-state index contributed by atoms with van der Waals surface area (Å²) in [7, 11) is 0. The number of nitrogens with zero attached hydrogens (tertiary/aromatic N) is 2. The summed E-state index contributed by atoms with van der Waals surface area (Å²) in [5, 5.41) is 3.52. The summed E-state index contributed by atoms with van der Waals surface area (Å²) in [6.45, 7) is 2.34. The van der Waals surface area contributed by atoms with Gasteiger partial charge in [0.05, 0.1) is 0 Å². The maximum atomic E-state index is 4.13. The molecule has 0 saturated carbocycles. The highest BCUT2D eigenvalue weighted by atomic mass is 14.8. The van der Waals surface area contributed by atoms with Gasteiger partial charge in [0.2, 0.25) is 0 Å². The van der Waals surface area contributed by atoms with Crippen LogP contribution in [-0.4, -0.2) is 23.1 Å². The fraction of sp³-hybridized carbons (Fsp3) is 0.571. The van der Waals surface area contributed by atoms with Crippen LogP contribution in [0.25, 0.3) is 5.57 Å². The van der Waals surface area contributed by atoms with Gasteiger partial charge in [0, 0.05) is 18.0 Å². The molecule has 1 aliphatic heterocycles. The molecule has 1 fully saturated rings. The topological polar surface area (TPSA) is 37.8 Å². The van der Waals surface area contributed by atoms with Crippen molar-refractivity contribution in [1.82, 2.24) is 15.3 Å². The number of nitrogens with one attached hydrogen (secondary N) is 1. The monoisotopic (exact) mass is 229 g/mol. The highest BCUT2D eigenvalue weighted by Gasteiger charge is 2.24. The molecule has 17 heavy (non-hydrogen) atoms. The van der Waals surface area contributed by atoms with Crippen LogP contribution in [0.15, 0.2) is 24.8 Å². The number of fused-ring (bicyclic) bond motifs is 2. The molecule has 3 rings (SSSR count). The summed E-state index contributed by atoms with van der Waals surface area (Å²) in [5.41, 5.74) is 2.68. The Morgan fingerprint density at radius 3 is 2.82 bits per heavy atom. The third-order valence-electron chi connectivity index (χ3n) is 3.93. The molecule has 1 aromatic rings. The van der Waals surface area contributed by atoms with Gasteiger partial charge in [0.1, 0.15) is 6.33 Å². The van der Waals surface area contributed by atoms with Gasteiger partial charge in [0.25, 0.3) is 0 Å². The quantitative estimate of drug-likeness (QED) is 0.802. The zero-order valence-corrected chi connectivity index (χ0v) is 10.1. The molecule has 0 aromatic carbocycles. The molecule has 2 atom stereocenters. The van der Waals surface area contributed by atoms with Crippen LogP contribution in [-0.2, 0) is 0 Å². The van der Waals surface area contributed by atoms with E-state index >= 15 is 0 Å². The zero-order valence-electron chi connectivity index (χ0n) is 10.1. The minimum atomic E-state index is 0.747. The van der Waals surface area contributed by atoms with Crippen molar-refractivity contribution in [3.63, 3.8) is 0 Å². The molecule has 0 radical (unpaired) electrons. The Balaban J connectivity index is 1.85. The Morgan fingerprint density at radius 2 is 1.94 bits per heavy atom. The van der Waals surface area contributed by atoms with Crippen molar-refractivity contribution < 1.29 is 0 Å².